The molecule has 0 bridgehead atoms. The molecule has 0 aromatic heterocycles. The van der Waals surface area contributed by atoms with E-state index in [1.165, 1.54) is 0 Å². The van der Waals surface area contributed by atoms with E-state index in [2.05, 4.69) is 5.32 Å². The van der Waals surface area contributed by atoms with Gasteiger partial charge in [0.2, 0.25) is 11.8 Å². The number of carbonyl (C=O) groups excluding carboxylic acids is 2. The second kappa shape index (κ2) is 11.7. The molecule has 0 saturated carbocycles. The average molecular weight is 469 g/mol. The van der Waals surface area contributed by atoms with Gasteiger partial charge in [0.15, 0.2) is 0 Å². The highest BCUT2D eigenvalue weighted by molar-refractivity contribution is 6.31. The summed E-state index contributed by atoms with van der Waals surface area (Å²) in [5.41, 5.74) is 2.60. The smallest absolute Gasteiger partial charge is 0.243 e. The number of halogens is 2. The Kier molecular flexibility index (Phi) is 8.72. The Bertz CT molecular complexity index is 1040. The van der Waals surface area contributed by atoms with Crippen molar-refractivity contribution in [2.45, 2.75) is 32.4 Å². The molecule has 166 valence electrons. The van der Waals surface area contributed by atoms with Gasteiger partial charge >= 0.3 is 0 Å². The van der Waals surface area contributed by atoms with Crippen molar-refractivity contribution in [1.29, 1.82) is 0 Å². The maximum absolute atomic E-state index is 13.5. The summed E-state index contributed by atoms with van der Waals surface area (Å²) in [5, 5.41) is 4.06. The van der Waals surface area contributed by atoms with Crippen LogP contribution in [0.2, 0.25) is 10.0 Å². The minimum absolute atomic E-state index is 0.153. The molecule has 4 nitrogen and oxygen atoms in total. The minimum Gasteiger partial charge on any atom is -0.355 e. The maximum Gasteiger partial charge on any atom is 0.243 e. The summed E-state index contributed by atoms with van der Waals surface area (Å²) in [6.07, 6.45) is 0.565. The SMILES string of the molecule is CCNC(=O)C(Cc1ccccc1)N(Cc1ccccc1Cl)C(=O)Cc1ccc(Cl)cc1. The van der Waals surface area contributed by atoms with Crippen LogP contribution in [0.25, 0.3) is 0 Å². The first-order valence-electron chi connectivity index (χ1n) is 10.6. The zero-order valence-corrected chi connectivity index (χ0v) is 19.4. The van der Waals surface area contributed by atoms with E-state index < -0.39 is 6.04 Å². The molecular weight excluding hydrogens is 443 g/mol. The van der Waals surface area contributed by atoms with E-state index in [0.29, 0.717) is 23.0 Å². The number of likely N-dealkylation sites (N-methyl/N-ethyl adjacent to an activating group) is 1. The Hall–Kier alpha value is -2.82. The van der Waals surface area contributed by atoms with Crippen molar-refractivity contribution in [2.75, 3.05) is 6.54 Å². The van der Waals surface area contributed by atoms with E-state index in [0.717, 1.165) is 16.7 Å². The van der Waals surface area contributed by atoms with Crippen molar-refractivity contribution in [3.05, 3.63) is 106 Å². The lowest BCUT2D eigenvalue weighted by Gasteiger charge is -2.32. The van der Waals surface area contributed by atoms with Crippen LogP contribution in [-0.2, 0) is 29.0 Å². The third kappa shape index (κ3) is 6.59. The molecule has 2 amide bonds. The molecule has 0 spiro atoms. The molecule has 1 unspecified atom stereocenters. The Morgan fingerprint density at radius 3 is 2.19 bits per heavy atom. The molecule has 32 heavy (non-hydrogen) atoms. The first-order valence-corrected chi connectivity index (χ1v) is 11.3. The quantitative estimate of drug-likeness (QED) is 0.462. The summed E-state index contributed by atoms with van der Waals surface area (Å²) in [4.78, 5) is 28.3. The van der Waals surface area contributed by atoms with Gasteiger partial charge in [-0.25, -0.2) is 0 Å². The molecule has 0 aliphatic heterocycles. The number of nitrogens with one attached hydrogen (secondary N) is 1. The molecule has 6 heteroatoms. The molecule has 0 radical (unpaired) electrons. The van der Waals surface area contributed by atoms with Crippen molar-refractivity contribution in [3.63, 3.8) is 0 Å². The zero-order chi connectivity index (χ0) is 22.9. The summed E-state index contributed by atoms with van der Waals surface area (Å²) in [7, 11) is 0. The normalized spacial score (nSPS) is 11.6. The van der Waals surface area contributed by atoms with Gasteiger partial charge in [-0.15, -0.1) is 0 Å². The van der Waals surface area contributed by atoms with E-state index in [9.17, 15) is 9.59 Å². The Morgan fingerprint density at radius 1 is 0.875 bits per heavy atom. The highest BCUT2D eigenvalue weighted by Gasteiger charge is 2.30. The van der Waals surface area contributed by atoms with Crippen LogP contribution in [0, 0.1) is 0 Å². The highest BCUT2D eigenvalue weighted by atomic mass is 35.5. The van der Waals surface area contributed by atoms with Crippen LogP contribution in [0.1, 0.15) is 23.6 Å². The summed E-state index contributed by atoms with van der Waals surface area (Å²) < 4.78 is 0. The van der Waals surface area contributed by atoms with Gasteiger partial charge in [0.05, 0.1) is 6.42 Å². The van der Waals surface area contributed by atoms with Crippen LogP contribution in [-0.4, -0.2) is 29.3 Å². The van der Waals surface area contributed by atoms with E-state index in [4.69, 9.17) is 23.2 Å². The lowest BCUT2D eigenvalue weighted by atomic mass is 10.0. The van der Waals surface area contributed by atoms with Gasteiger partial charge in [-0.3, -0.25) is 9.59 Å². The lowest BCUT2D eigenvalue weighted by molar-refractivity contribution is -0.140. The zero-order valence-electron chi connectivity index (χ0n) is 17.9. The Morgan fingerprint density at radius 2 is 1.53 bits per heavy atom. The first kappa shape index (κ1) is 23.8. The Balaban J connectivity index is 1.95. The standard InChI is InChI=1S/C26H26Cl2N2O2/c1-2-29-26(32)24(16-19-8-4-3-5-9-19)30(18-21-10-6-7-11-23(21)28)25(31)17-20-12-14-22(27)15-13-20/h3-15,24H,2,16-18H2,1H3,(H,29,32). The predicted octanol–water partition coefficient (Wildman–Crippen LogP) is 5.31. The molecule has 0 heterocycles. The topological polar surface area (TPSA) is 49.4 Å². The van der Waals surface area contributed by atoms with Crippen LogP contribution in [0.5, 0.6) is 0 Å². The molecule has 0 aliphatic carbocycles. The first-order chi connectivity index (χ1) is 15.5. The minimum atomic E-state index is -0.673. The summed E-state index contributed by atoms with van der Waals surface area (Å²) in [6, 6.07) is 23.6. The number of rotatable bonds is 9. The molecule has 3 rings (SSSR count). The van der Waals surface area contributed by atoms with Crippen LogP contribution in [0.4, 0.5) is 0 Å². The van der Waals surface area contributed by atoms with E-state index in [-0.39, 0.29) is 24.8 Å². The van der Waals surface area contributed by atoms with Crippen LogP contribution < -0.4 is 5.32 Å². The lowest BCUT2D eigenvalue weighted by Crippen LogP contribution is -2.51. The highest BCUT2D eigenvalue weighted by Crippen LogP contribution is 2.21. The molecule has 1 atom stereocenters. The molecule has 0 fully saturated rings. The molecule has 0 aliphatic rings. The molecule has 3 aromatic rings. The molecule has 3 aromatic carbocycles. The van der Waals surface area contributed by atoms with Crippen molar-refractivity contribution < 1.29 is 9.59 Å². The fraction of sp³-hybridized carbons (Fsp3) is 0.231. The predicted molar refractivity (Wildman–Crippen MR) is 130 cm³/mol. The number of hydrogen-bond acceptors (Lipinski definition) is 2. The van der Waals surface area contributed by atoms with Gasteiger partial charge in [-0.05, 0) is 41.8 Å². The second-order valence-electron chi connectivity index (χ2n) is 7.52. The van der Waals surface area contributed by atoms with E-state index >= 15 is 0 Å². The summed E-state index contributed by atoms with van der Waals surface area (Å²) in [5.74, 6) is -0.340. The third-order valence-electron chi connectivity index (χ3n) is 5.19. The van der Waals surface area contributed by atoms with Crippen LogP contribution >= 0.6 is 23.2 Å². The number of carbonyl (C=O) groups is 2. The average Bonchev–Trinajstić information content (AvgIpc) is 2.79. The van der Waals surface area contributed by atoms with Crippen molar-refractivity contribution in [1.82, 2.24) is 10.2 Å². The van der Waals surface area contributed by atoms with Gasteiger partial charge in [0.25, 0.3) is 0 Å². The van der Waals surface area contributed by atoms with E-state index in [1.807, 2.05) is 67.6 Å². The van der Waals surface area contributed by atoms with Gasteiger partial charge in [0.1, 0.15) is 6.04 Å². The van der Waals surface area contributed by atoms with Gasteiger partial charge in [-0.1, -0.05) is 83.9 Å². The number of nitrogens with zero attached hydrogens (tertiary/aromatic N) is 1. The fourth-order valence-electron chi connectivity index (χ4n) is 3.53. The van der Waals surface area contributed by atoms with Gasteiger partial charge in [-0.2, -0.15) is 0 Å². The monoisotopic (exact) mass is 468 g/mol. The van der Waals surface area contributed by atoms with Crippen LogP contribution in [0.15, 0.2) is 78.9 Å². The molecular formula is C26H26Cl2N2O2. The van der Waals surface area contributed by atoms with Crippen molar-refractivity contribution in [2.24, 2.45) is 0 Å². The van der Waals surface area contributed by atoms with Crippen molar-refractivity contribution in [3.8, 4) is 0 Å². The second-order valence-corrected chi connectivity index (χ2v) is 8.36. The largest absolute Gasteiger partial charge is 0.355 e. The van der Waals surface area contributed by atoms with Gasteiger partial charge < -0.3 is 10.2 Å². The molecule has 1 N–H and O–H groups in total. The maximum atomic E-state index is 13.5. The third-order valence-corrected chi connectivity index (χ3v) is 5.81. The number of amides is 2. The Labute approximate surface area is 199 Å². The van der Waals surface area contributed by atoms with Crippen LogP contribution in [0.3, 0.4) is 0 Å². The number of benzene rings is 3. The number of hydrogen-bond donors (Lipinski definition) is 1. The summed E-state index contributed by atoms with van der Waals surface area (Å²) in [6.45, 7) is 2.58. The molecule has 0 saturated heterocycles. The van der Waals surface area contributed by atoms with Gasteiger partial charge in [0, 0.05) is 29.6 Å². The summed E-state index contributed by atoms with van der Waals surface area (Å²) >= 11 is 12.4. The van der Waals surface area contributed by atoms with E-state index in [1.54, 1.807) is 23.1 Å². The van der Waals surface area contributed by atoms with Crippen molar-refractivity contribution >= 4 is 35.0 Å². The fourth-order valence-corrected chi connectivity index (χ4v) is 3.86.